The lowest BCUT2D eigenvalue weighted by Crippen LogP contribution is -2.36. The van der Waals surface area contributed by atoms with Crippen molar-refractivity contribution in [1.29, 1.82) is 0 Å². The molecule has 18 heavy (non-hydrogen) atoms. The van der Waals surface area contributed by atoms with Crippen LogP contribution in [0.4, 0.5) is 0 Å². The number of benzene rings is 1. The molecule has 2 nitrogen and oxygen atoms in total. The van der Waals surface area contributed by atoms with Gasteiger partial charge in [-0.25, -0.2) is 0 Å². The SMILES string of the molecule is CNC(C)C(C)Oc1ccc(C(C)(C)C)cc1C. The molecular weight excluding hydrogens is 222 g/mol. The summed E-state index contributed by atoms with van der Waals surface area (Å²) in [5.41, 5.74) is 2.74. The van der Waals surface area contributed by atoms with Crippen molar-refractivity contribution in [1.82, 2.24) is 5.32 Å². The van der Waals surface area contributed by atoms with Crippen LogP contribution < -0.4 is 10.1 Å². The molecule has 102 valence electrons. The largest absolute Gasteiger partial charge is 0.489 e. The first-order valence-electron chi connectivity index (χ1n) is 6.70. The predicted octanol–water partition coefficient (Wildman–Crippen LogP) is 3.67. The molecule has 1 rings (SSSR count). The van der Waals surface area contributed by atoms with Crippen LogP contribution in [0.25, 0.3) is 0 Å². The summed E-state index contributed by atoms with van der Waals surface area (Å²) in [6.07, 6.45) is 0.161. The van der Waals surface area contributed by atoms with E-state index in [1.165, 1.54) is 11.1 Å². The fraction of sp³-hybridized carbons (Fsp3) is 0.625. The maximum Gasteiger partial charge on any atom is 0.122 e. The van der Waals surface area contributed by atoms with Gasteiger partial charge in [0.25, 0.3) is 0 Å². The summed E-state index contributed by atoms with van der Waals surface area (Å²) in [4.78, 5) is 0. The average Bonchev–Trinajstić information content (AvgIpc) is 2.29. The lowest BCUT2D eigenvalue weighted by Gasteiger charge is -2.24. The van der Waals surface area contributed by atoms with Gasteiger partial charge in [0.2, 0.25) is 0 Å². The van der Waals surface area contributed by atoms with E-state index in [9.17, 15) is 0 Å². The van der Waals surface area contributed by atoms with Gasteiger partial charge in [-0.15, -0.1) is 0 Å². The van der Waals surface area contributed by atoms with Crippen LogP contribution in [0.15, 0.2) is 18.2 Å². The highest BCUT2D eigenvalue weighted by atomic mass is 16.5. The molecule has 0 saturated carbocycles. The Labute approximate surface area is 112 Å². The summed E-state index contributed by atoms with van der Waals surface area (Å²) in [6, 6.07) is 6.83. The van der Waals surface area contributed by atoms with Crippen LogP contribution in [0.2, 0.25) is 0 Å². The predicted molar refractivity (Wildman–Crippen MR) is 78.5 cm³/mol. The van der Waals surface area contributed by atoms with Gasteiger partial charge in [-0.2, -0.15) is 0 Å². The van der Waals surface area contributed by atoms with Gasteiger partial charge in [-0.3, -0.25) is 0 Å². The highest BCUT2D eigenvalue weighted by molar-refractivity contribution is 5.38. The molecule has 1 aromatic rings. The van der Waals surface area contributed by atoms with Crippen molar-refractivity contribution in [3.05, 3.63) is 29.3 Å². The summed E-state index contributed by atoms with van der Waals surface area (Å²) in [6.45, 7) is 13.0. The molecule has 2 heteroatoms. The minimum Gasteiger partial charge on any atom is -0.489 e. The Morgan fingerprint density at radius 3 is 2.22 bits per heavy atom. The van der Waals surface area contributed by atoms with Crippen molar-refractivity contribution in [2.24, 2.45) is 0 Å². The van der Waals surface area contributed by atoms with E-state index in [1.54, 1.807) is 0 Å². The molecule has 0 radical (unpaired) electrons. The van der Waals surface area contributed by atoms with Crippen molar-refractivity contribution in [2.75, 3.05) is 7.05 Å². The fourth-order valence-corrected chi connectivity index (χ4v) is 1.79. The van der Waals surface area contributed by atoms with Gasteiger partial charge >= 0.3 is 0 Å². The van der Waals surface area contributed by atoms with Crippen molar-refractivity contribution >= 4 is 0 Å². The highest BCUT2D eigenvalue weighted by Gasteiger charge is 2.16. The Balaban J connectivity index is 2.87. The second-order valence-electron chi connectivity index (χ2n) is 6.13. The summed E-state index contributed by atoms with van der Waals surface area (Å²) in [5.74, 6) is 0.984. The maximum atomic E-state index is 6.00. The maximum absolute atomic E-state index is 6.00. The first-order valence-corrected chi connectivity index (χ1v) is 6.70. The standard InChI is InChI=1S/C16H27NO/c1-11-10-14(16(4,5)6)8-9-15(11)18-13(3)12(2)17-7/h8-10,12-13,17H,1-7H3. The van der Waals surface area contributed by atoms with E-state index < -0.39 is 0 Å². The number of hydrogen-bond acceptors (Lipinski definition) is 2. The minimum absolute atomic E-state index is 0.161. The zero-order valence-corrected chi connectivity index (χ0v) is 12.8. The van der Waals surface area contributed by atoms with Crippen LogP contribution in [0.1, 0.15) is 45.7 Å². The summed E-state index contributed by atoms with van der Waals surface area (Å²) >= 11 is 0. The van der Waals surface area contributed by atoms with Gasteiger partial charge in [-0.05, 0) is 50.4 Å². The first-order chi connectivity index (χ1) is 8.25. The third-order valence-corrected chi connectivity index (χ3v) is 3.51. The number of ether oxygens (including phenoxy) is 1. The van der Waals surface area contributed by atoms with Crippen LogP contribution in [0, 0.1) is 6.92 Å². The lowest BCUT2D eigenvalue weighted by molar-refractivity contribution is 0.181. The van der Waals surface area contributed by atoms with Gasteiger partial charge in [0.05, 0.1) is 0 Å². The van der Waals surface area contributed by atoms with Crippen LogP contribution in [-0.4, -0.2) is 19.2 Å². The summed E-state index contributed by atoms with van der Waals surface area (Å²) < 4.78 is 6.00. The van der Waals surface area contributed by atoms with E-state index in [1.807, 2.05) is 7.05 Å². The normalized spacial score (nSPS) is 15.3. The molecular formula is C16H27NO. The Morgan fingerprint density at radius 1 is 1.17 bits per heavy atom. The summed E-state index contributed by atoms with van der Waals surface area (Å²) in [7, 11) is 1.96. The number of aryl methyl sites for hydroxylation is 1. The number of hydrogen-bond donors (Lipinski definition) is 1. The van der Waals surface area contributed by atoms with E-state index in [0.29, 0.717) is 6.04 Å². The number of nitrogens with one attached hydrogen (secondary N) is 1. The number of rotatable bonds is 4. The van der Waals surface area contributed by atoms with Crippen LogP contribution in [-0.2, 0) is 5.41 Å². The molecule has 0 spiro atoms. The van der Waals surface area contributed by atoms with E-state index in [2.05, 4.69) is 65.1 Å². The molecule has 1 N–H and O–H groups in total. The Morgan fingerprint density at radius 2 is 1.78 bits per heavy atom. The van der Waals surface area contributed by atoms with E-state index in [0.717, 1.165) is 5.75 Å². The molecule has 0 fully saturated rings. The molecule has 0 aromatic heterocycles. The molecule has 1 aromatic carbocycles. The zero-order chi connectivity index (χ0) is 13.9. The molecule has 0 heterocycles. The van der Waals surface area contributed by atoms with E-state index in [4.69, 9.17) is 4.74 Å². The van der Waals surface area contributed by atoms with Crippen LogP contribution in [0.3, 0.4) is 0 Å². The van der Waals surface area contributed by atoms with Crippen molar-refractivity contribution in [2.45, 2.75) is 59.1 Å². The Hall–Kier alpha value is -1.02. The average molecular weight is 249 g/mol. The molecule has 0 aliphatic heterocycles. The molecule has 2 unspecified atom stereocenters. The topological polar surface area (TPSA) is 21.3 Å². The van der Waals surface area contributed by atoms with Gasteiger partial charge < -0.3 is 10.1 Å². The number of likely N-dealkylation sites (N-methyl/N-ethyl adjacent to an activating group) is 1. The van der Waals surface area contributed by atoms with Gasteiger partial charge in [-0.1, -0.05) is 32.9 Å². The minimum atomic E-state index is 0.161. The van der Waals surface area contributed by atoms with Crippen LogP contribution >= 0.6 is 0 Å². The molecule has 0 aliphatic carbocycles. The molecule has 0 aliphatic rings. The quantitative estimate of drug-likeness (QED) is 0.879. The monoisotopic (exact) mass is 249 g/mol. The first kappa shape index (κ1) is 15.0. The van der Waals surface area contributed by atoms with Crippen molar-refractivity contribution in [3.8, 4) is 5.75 Å². The highest BCUT2D eigenvalue weighted by Crippen LogP contribution is 2.28. The third-order valence-electron chi connectivity index (χ3n) is 3.51. The van der Waals surface area contributed by atoms with Gasteiger partial charge in [0.1, 0.15) is 11.9 Å². The van der Waals surface area contributed by atoms with E-state index in [-0.39, 0.29) is 11.5 Å². The molecule has 0 saturated heterocycles. The van der Waals surface area contributed by atoms with Crippen LogP contribution in [0.5, 0.6) is 5.75 Å². The van der Waals surface area contributed by atoms with Crippen molar-refractivity contribution in [3.63, 3.8) is 0 Å². The Kier molecular flexibility index (Phi) is 4.80. The second-order valence-corrected chi connectivity index (χ2v) is 6.13. The van der Waals surface area contributed by atoms with Crippen molar-refractivity contribution < 1.29 is 4.74 Å². The molecule has 2 atom stereocenters. The zero-order valence-electron chi connectivity index (χ0n) is 12.8. The fourth-order valence-electron chi connectivity index (χ4n) is 1.79. The third kappa shape index (κ3) is 3.74. The molecule has 0 bridgehead atoms. The lowest BCUT2D eigenvalue weighted by atomic mass is 9.86. The van der Waals surface area contributed by atoms with Gasteiger partial charge in [0.15, 0.2) is 0 Å². The van der Waals surface area contributed by atoms with Gasteiger partial charge in [0, 0.05) is 6.04 Å². The van der Waals surface area contributed by atoms with E-state index >= 15 is 0 Å². The second kappa shape index (κ2) is 5.75. The molecule has 0 amide bonds. The summed E-state index contributed by atoms with van der Waals surface area (Å²) in [5, 5.41) is 3.22. The smallest absolute Gasteiger partial charge is 0.122 e. The Bertz CT molecular complexity index is 393.